The van der Waals surface area contributed by atoms with Crippen LogP contribution in [-0.4, -0.2) is 31.5 Å². The van der Waals surface area contributed by atoms with Crippen LogP contribution in [0.4, 0.5) is 5.69 Å². The summed E-state index contributed by atoms with van der Waals surface area (Å²) in [5.41, 5.74) is 1.69. The van der Waals surface area contributed by atoms with Crippen LogP contribution < -0.4 is 5.32 Å². The average molecular weight is 343 g/mol. The van der Waals surface area contributed by atoms with Crippen LogP contribution in [0.25, 0.3) is 10.9 Å². The Balaban J connectivity index is 2.30. The van der Waals surface area contributed by atoms with Crippen molar-refractivity contribution in [1.82, 2.24) is 4.98 Å². The van der Waals surface area contributed by atoms with Crippen molar-refractivity contribution in [2.24, 2.45) is 0 Å². The number of rotatable bonds is 4. The van der Waals surface area contributed by atoms with Gasteiger partial charge in [-0.05, 0) is 35.0 Å². The van der Waals surface area contributed by atoms with Gasteiger partial charge in [0.2, 0.25) is 0 Å². The molecule has 0 aliphatic rings. The molecule has 0 aliphatic carbocycles. The number of halogens is 1. The molecule has 1 atom stereocenters. The second kappa shape index (κ2) is 5.46. The summed E-state index contributed by atoms with van der Waals surface area (Å²) >= 11 is 3.39. The molecule has 0 fully saturated rings. The third-order valence-electron chi connectivity index (χ3n) is 2.63. The van der Waals surface area contributed by atoms with Crippen LogP contribution in [0.1, 0.15) is 6.92 Å². The minimum Gasteiger partial charge on any atom is -0.380 e. The Morgan fingerprint density at radius 3 is 2.84 bits per heavy atom. The van der Waals surface area contributed by atoms with Gasteiger partial charge >= 0.3 is 0 Å². The molecule has 6 heteroatoms. The molecular weight excluding hydrogens is 328 g/mol. The van der Waals surface area contributed by atoms with E-state index in [9.17, 15) is 8.42 Å². The summed E-state index contributed by atoms with van der Waals surface area (Å²) in [6.45, 7) is 1.85. The topological polar surface area (TPSA) is 59.1 Å². The summed E-state index contributed by atoms with van der Waals surface area (Å²) in [4.78, 5) is 4.37. The van der Waals surface area contributed by atoms with E-state index in [0.717, 1.165) is 21.1 Å². The van der Waals surface area contributed by atoms with E-state index in [0.29, 0.717) is 0 Å². The molecule has 0 spiro atoms. The lowest BCUT2D eigenvalue weighted by atomic mass is 10.2. The minimum atomic E-state index is -2.99. The van der Waals surface area contributed by atoms with Gasteiger partial charge in [-0.2, -0.15) is 0 Å². The van der Waals surface area contributed by atoms with Gasteiger partial charge in [0.25, 0.3) is 0 Å². The Kier molecular flexibility index (Phi) is 4.10. The van der Waals surface area contributed by atoms with E-state index in [1.165, 1.54) is 6.26 Å². The molecule has 0 radical (unpaired) electrons. The third-order valence-corrected chi connectivity index (χ3v) is 4.17. The highest BCUT2D eigenvalue weighted by Crippen LogP contribution is 2.24. The molecule has 2 rings (SSSR count). The SMILES string of the molecule is CC(CS(C)(=O)=O)Nc1cccc2cc(Br)cnc12. The van der Waals surface area contributed by atoms with Crippen LogP contribution in [0.5, 0.6) is 0 Å². The molecule has 1 unspecified atom stereocenters. The van der Waals surface area contributed by atoms with Gasteiger partial charge in [-0.1, -0.05) is 12.1 Å². The molecule has 0 saturated carbocycles. The standard InChI is InChI=1S/C13H15BrN2O2S/c1-9(8-19(2,17)18)16-12-5-3-4-10-6-11(14)7-15-13(10)12/h3-7,9,16H,8H2,1-2H3. The zero-order valence-corrected chi connectivity index (χ0v) is 13.1. The first-order valence-corrected chi connectivity index (χ1v) is 8.69. The lowest BCUT2D eigenvalue weighted by molar-refractivity contribution is 0.598. The lowest BCUT2D eigenvalue weighted by Crippen LogP contribution is -2.25. The Morgan fingerprint density at radius 2 is 2.16 bits per heavy atom. The van der Waals surface area contributed by atoms with Gasteiger partial charge in [-0.25, -0.2) is 8.42 Å². The van der Waals surface area contributed by atoms with Gasteiger partial charge < -0.3 is 5.32 Å². The van der Waals surface area contributed by atoms with Crippen LogP contribution in [0.3, 0.4) is 0 Å². The van der Waals surface area contributed by atoms with E-state index in [1.807, 2.05) is 31.2 Å². The first-order chi connectivity index (χ1) is 8.85. The number of nitrogens with one attached hydrogen (secondary N) is 1. The van der Waals surface area contributed by atoms with Crippen molar-refractivity contribution in [3.8, 4) is 0 Å². The predicted molar refractivity (Wildman–Crippen MR) is 82.2 cm³/mol. The Morgan fingerprint density at radius 1 is 1.42 bits per heavy atom. The number of benzene rings is 1. The summed E-state index contributed by atoms with van der Waals surface area (Å²) in [5.74, 6) is 0.0971. The van der Waals surface area contributed by atoms with Gasteiger partial charge in [-0.3, -0.25) is 4.98 Å². The zero-order chi connectivity index (χ0) is 14.0. The molecular formula is C13H15BrN2O2S. The maximum atomic E-state index is 11.3. The number of aromatic nitrogens is 1. The van der Waals surface area contributed by atoms with Crippen molar-refractivity contribution in [3.05, 3.63) is 34.9 Å². The Hall–Kier alpha value is -1.14. The average Bonchev–Trinajstić information content (AvgIpc) is 2.26. The van der Waals surface area contributed by atoms with Crippen molar-refractivity contribution in [2.45, 2.75) is 13.0 Å². The highest BCUT2D eigenvalue weighted by atomic mass is 79.9. The third kappa shape index (κ3) is 3.91. The van der Waals surface area contributed by atoms with Gasteiger partial charge in [0.05, 0.1) is 17.0 Å². The number of sulfone groups is 1. The summed E-state index contributed by atoms with van der Waals surface area (Å²) < 4.78 is 23.5. The highest BCUT2D eigenvalue weighted by molar-refractivity contribution is 9.10. The number of fused-ring (bicyclic) bond motifs is 1. The first kappa shape index (κ1) is 14.3. The fourth-order valence-electron chi connectivity index (χ4n) is 2.01. The number of para-hydroxylation sites is 1. The molecule has 1 aromatic heterocycles. The van der Waals surface area contributed by atoms with Crippen LogP contribution in [0, 0.1) is 0 Å². The molecule has 1 aromatic carbocycles. The van der Waals surface area contributed by atoms with Gasteiger partial charge in [0.15, 0.2) is 0 Å². The van der Waals surface area contributed by atoms with Gasteiger partial charge in [0.1, 0.15) is 9.84 Å². The number of anilines is 1. The molecule has 0 saturated heterocycles. The second-order valence-corrected chi connectivity index (χ2v) is 7.77. The second-order valence-electron chi connectivity index (χ2n) is 4.67. The number of nitrogens with zero attached hydrogens (tertiary/aromatic N) is 1. The van der Waals surface area contributed by atoms with Crippen molar-refractivity contribution < 1.29 is 8.42 Å². The summed E-state index contributed by atoms with van der Waals surface area (Å²) in [5, 5.41) is 4.21. The van der Waals surface area contributed by atoms with E-state index >= 15 is 0 Å². The van der Waals surface area contributed by atoms with E-state index in [4.69, 9.17) is 0 Å². The smallest absolute Gasteiger partial charge is 0.149 e. The summed E-state index contributed by atoms with van der Waals surface area (Å²) in [6.07, 6.45) is 2.97. The molecule has 0 aliphatic heterocycles. The summed E-state index contributed by atoms with van der Waals surface area (Å²) in [6, 6.07) is 7.62. The fourth-order valence-corrected chi connectivity index (χ4v) is 3.35. The first-order valence-electron chi connectivity index (χ1n) is 5.84. The molecule has 19 heavy (non-hydrogen) atoms. The quantitative estimate of drug-likeness (QED) is 0.927. The van der Waals surface area contributed by atoms with E-state index < -0.39 is 9.84 Å². The van der Waals surface area contributed by atoms with E-state index in [2.05, 4.69) is 26.2 Å². The Labute approximate surface area is 121 Å². The van der Waals surface area contributed by atoms with Gasteiger partial charge in [0, 0.05) is 28.4 Å². The maximum absolute atomic E-state index is 11.3. The molecule has 0 bridgehead atoms. The predicted octanol–water partition coefficient (Wildman–Crippen LogP) is 2.84. The summed E-state index contributed by atoms with van der Waals surface area (Å²) in [7, 11) is -2.99. The van der Waals surface area contributed by atoms with Crippen LogP contribution >= 0.6 is 15.9 Å². The molecule has 102 valence electrons. The molecule has 2 aromatic rings. The van der Waals surface area contributed by atoms with Crippen molar-refractivity contribution in [3.63, 3.8) is 0 Å². The van der Waals surface area contributed by atoms with Crippen molar-refractivity contribution in [2.75, 3.05) is 17.3 Å². The minimum absolute atomic E-state index is 0.0971. The van der Waals surface area contributed by atoms with E-state index in [-0.39, 0.29) is 11.8 Å². The zero-order valence-electron chi connectivity index (χ0n) is 10.7. The molecule has 1 N–H and O–H groups in total. The maximum Gasteiger partial charge on any atom is 0.149 e. The number of hydrogen-bond acceptors (Lipinski definition) is 4. The lowest BCUT2D eigenvalue weighted by Gasteiger charge is -2.15. The number of pyridine rings is 1. The highest BCUT2D eigenvalue weighted by Gasteiger charge is 2.12. The van der Waals surface area contributed by atoms with Crippen LogP contribution in [-0.2, 0) is 9.84 Å². The van der Waals surface area contributed by atoms with Crippen molar-refractivity contribution >= 4 is 42.4 Å². The van der Waals surface area contributed by atoms with Crippen molar-refractivity contribution in [1.29, 1.82) is 0 Å². The normalized spacial score (nSPS) is 13.4. The molecule has 4 nitrogen and oxygen atoms in total. The van der Waals surface area contributed by atoms with Gasteiger partial charge in [-0.15, -0.1) is 0 Å². The monoisotopic (exact) mass is 342 g/mol. The van der Waals surface area contributed by atoms with E-state index in [1.54, 1.807) is 6.20 Å². The fraction of sp³-hybridized carbons (Fsp3) is 0.308. The Bertz CT molecular complexity index is 701. The van der Waals surface area contributed by atoms with Crippen LogP contribution in [0.2, 0.25) is 0 Å². The number of hydrogen-bond donors (Lipinski definition) is 1. The molecule has 0 amide bonds. The largest absolute Gasteiger partial charge is 0.380 e. The molecule has 1 heterocycles. The van der Waals surface area contributed by atoms with Crippen LogP contribution in [0.15, 0.2) is 34.9 Å².